The lowest BCUT2D eigenvalue weighted by atomic mass is 10.1. The lowest BCUT2D eigenvalue weighted by Gasteiger charge is -2.10. The molecule has 2 aromatic carbocycles. The number of halogens is 1. The summed E-state index contributed by atoms with van der Waals surface area (Å²) in [6.45, 7) is 4.21. The third-order valence-electron chi connectivity index (χ3n) is 3.79. The highest BCUT2D eigenvalue weighted by Gasteiger charge is 2.15. The highest BCUT2D eigenvalue weighted by atomic mass is 19.1. The minimum absolute atomic E-state index is 0.172. The van der Waals surface area contributed by atoms with Gasteiger partial charge in [-0.1, -0.05) is 18.2 Å². The summed E-state index contributed by atoms with van der Waals surface area (Å²) in [5.41, 5.74) is 2.35. The molecule has 1 N–H and O–H groups in total. The Morgan fingerprint density at radius 1 is 1.12 bits per heavy atom. The number of carbonyl (C=O) groups is 1. The maximum absolute atomic E-state index is 13.8. The summed E-state index contributed by atoms with van der Waals surface area (Å²) < 4.78 is 19.3. The number of hydrogen-bond acceptors (Lipinski definition) is 4. The molecule has 1 amide bonds. The van der Waals surface area contributed by atoms with Gasteiger partial charge in [-0.15, -0.1) is 0 Å². The van der Waals surface area contributed by atoms with Gasteiger partial charge in [0.2, 0.25) is 0 Å². The molecule has 0 saturated heterocycles. The van der Waals surface area contributed by atoms with E-state index in [4.69, 9.17) is 4.74 Å². The molecule has 3 rings (SSSR count). The zero-order valence-electron chi connectivity index (χ0n) is 14.0. The van der Waals surface area contributed by atoms with Crippen LogP contribution in [0.3, 0.4) is 0 Å². The fourth-order valence-electron chi connectivity index (χ4n) is 2.42. The van der Waals surface area contributed by atoms with Crippen LogP contribution in [0, 0.1) is 19.7 Å². The van der Waals surface area contributed by atoms with Crippen molar-refractivity contribution in [3.05, 3.63) is 65.2 Å². The first kappa shape index (κ1) is 16.8. The smallest absolute Gasteiger partial charge is 0.253 e. The van der Waals surface area contributed by atoms with Gasteiger partial charge in [0.1, 0.15) is 23.7 Å². The topological polar surface area (TPSA) is 64.1 Å². The summed E-state index contributed by atoms with van der Waals surface area (Å²) in [6, 6.07) is 11.8. The first-order chi connectivity index (χ1) is 12.0. The zero-order valence-corrected chi connectivity index (χ0v) is 14.0. The Kier molecular flexibility index (Phi) is 4.88. The number of para-hydroxylation sites is 1. The number of benzene rings is 2. The van der Waals surface area contributed by atoms with Crippen LogP contribution in [-0.2, 0) is 0 Å². The van der Waals surface area contributed by atoms with Crippen LogP contribution in [0.25, 0.3) is 11.0 Å². The van der Waals surface area contributed by atoms with Gasteiger partial charge in [-0.2, -0.15) is 0 Å². The maximum Gasteiger partial charge on any atom is 0.253 e. The lowest BCUT2D eigenvalue weighted by Crippen LogP contribution is -2.28. The van der Waals surface area contributed by atoms with Gasteiger partial charge in [0.05, 0.1) is 29.0 Å². The van der Waals surface area contributed by atoms with Crippen molar-refractivity contribution in [3.63, 3.8) is 0 Å². The fraction of sp³-hybridized carbons (Fsp3) is 0.211. The summed E-state index contributed by atoms with van der Waals surface area (Å²) in [6.07, 6.45) is 0. The molecule has 0 unspecified atom stereocenters. The Bertz CT molecular complexity index is 913. The van der Waals surface area contributed by atoms with E-state index >= 15 is 0 Å². The third-order valence-corrected chi connectivity index (χ3v) is 3.79. The number of rotatable bonds is 5. The second-order valence-electron chi connectivity index (χ2n) is 5.63. The van der Waals surface area contributed by atoms with Crippen LogP contribution < -0.4 is 10.1 Å². The standard InChI is InChI=1S/C19H18FN3O2/c1-12-13(2)23-18-16(10-14(20)11-17(18)22-12)19(24)21-8-9-25-15-6-4-3-5-7-15/h3-7,10-11H,8-9H2,1-2H3,(H,21,24). The Hall–Kier alpha value is -3.02. The van der Waals surface area contributed by atoms with E-state index < -0.39 is 11.7 Å². The average molecular weight is 339 g/mol. The average Bonchev–Trinajstić information content (AvgIpc) is 2.60. The molecule has 0 aliphatic rings. The van der Waals surface area contributed by atoms with Crippen LogP contribution in [-0.4, -0.2) is 29.0 Å². The largest absolute Gasteiger partial charge is 0.492 e. The number of fused-ring (bicyclic) bond motifs is 1. The minimum Gasteiger partial charge on any atom is -0.492 e. The molecule has 6 heteroatoms. The molecular weight excluding hydrogens is 321 g/mol. The van der Waals surface area contributed by atoms with E-state index in [9.17, 15) is 9.18 Å². The van der Waals surface area contributed by atoms with Gasteiger partial charge in [-0.05, 0) is 32.0 Å². The van der Waals surface area contributed by atoms with Crippen molar-refractivity contribution in [1.29, 1.82) is 0 Å². The van der Waals surface area contributed by atoms with Gasteiger partial charge >= 0.3 is 0 Å². The van der Waals surface area contributed by atoms with E-state index in [1.165, 1.54) is 12.1 Å². The van der Waals surface area contributed by atoms with Crippen LogP contribution in [0.4, 0.5) is 4.39 Å². The molecule has 0 bridgehead atoms. The quantitative estimate of drug-likeness (QED) is 0.725. The van der Waals surface area contributed by atoms with E-state index in [1.807, 2.05) is 30.3 Å². The lowest BCUT2D eigenvalue weighted by molar-refractivity contribution is 0.0948. The number of carbonyl (C=O) groups excluding carboxylic acids is 1. The molecule has 25 heavy (non-hydrogen) atoms. The van der Waals surface area contributed by atoms with Crippen molar-refractivity contribution in [2.75, 3.05) is 13.2 Å². The molecule has 0 saturated carbocycles. The molecule has 0 fully saturated rings. The van der Waals surface area contributed by atoms with E-state index in [-0.39, 0.29) is 5.56 Å². The molecule has 3 aromatic rings. The number of nitrogens with zero attached hydrogens (tertiary/aromatic N) is 2. The van der Waals surface area contributed by atoms with E-state index in [1.54, 1.807) is 13.8 Å². The van der Waals surface area contributed by atoms with E-state index in [0.717, 1.165) is 5.75 Å². The number of hydrogen-bond donors (Lipinski definition) is 1. The van der Waals surface area contributed by atoms with Gasteiger partial charge in [0.25, 0.3) is 5.91 Å². The van der Waals surface area contributed by atoms with Crippen LogP contribution in [0.15, 0.2) is 42.5 Å². The van der Waals surface area contributed by atoms with Crippen LogP contribution >= 0.6 is 0 Å². The molecular formula is C19H18FN3O2. The second kappa shape index (κ2) is 7.25. The Morgan fingerprint density at radius 2 is 1.84 bits per heavy atom. The van der Waals surface area contributed by atoms with E-state index in [2.05, 4.69) is 15.3 Å². The number of nitrogens with one attached hydrogen (secondary N) is 1. The molecule has 1 heterocycles. The minimum atomic E-state index is -0.518. The predicted octanol–water partition coefficient (Wildman–Crippen LogP) is 3.19. The monoisotopic (exact) mass is 339 g/mol. The molecule has 0 radical (unpaired) electrons. The number of ether oxygens (including phenoxy) is 1. The van der Waals surface area contributed by atoms with Crippen LogP contribution in [0.2, 0.25) is 0 Å². The molecule has 1 aromatic heterocycles. The molecule has 5 nitrogen and oxygen atoms in total. The van der Waals surface area contributed by atoms with Gasteiger partial charge in [0, 0.05) is 6.07 Å². The third kappa shape index (κ3) is 3.91. The van der Waals surface area contributed by atoms with Crippen molar-refractivity contribution in [3.8, 4) is 5.75 Å². The van der Waals surface area contributed by atoms with Crippen molar-refractivity contribution in [1.82, 2.24) is 15.3 Å². The molecule has 0 atom stereocenters. The molecule has 0 aliphatic heterocycles. The van der Waals surface area contributed by atoms with Crippen LogP contribution in [0.1, 0.15) is 21.7 Å². The molecule has 0 spiro atoms. The second-order valence-corrected chi connectivity index (χ2v) is 5.63. The number of aromatic nitrogens is 2. The summed E-state index contributed by atoms with van der Waals surface area (Å²) in [4.78, 5) is 21.1. The fourth-order valence-corrected chi connectivity index (χ4v) is 2.42. The van der Waals surface area contributed by atoms with Crippen molar-refractivity contribution >= 4 is 16.9 Å². The molecule has 128 valence electrons. The normalized spacial score (nSPS) is 10.7. The Labute approximate surface area is 144 Å². The Morgan fingerprint density at radius 3 is 2.60 bits per heavy atom. The van der Waals surface area contributed by atoms with Crippen LogP contribution in [0.5, 0.6) is 5.75 Å². The predicted molar refractivity (Wildman–Crippen MR) is 93.2 cm³/mol. The zero-order chi connectivity index (χ0) is 17.8. The van der Waals surface area contributed by atoms with Gasteiger partial charge in [0.15, 0.2) is 0 Å². The highest BCUT2D eigenvalue weighted by molar-refractivity contribution is 6.04. The summed E-state index contributed by atoms with van der Waals surface area (Å²) in [5.74, 6) is -0.195. The highest BCUT2D eigenvalue weighted by Crippen LogP contribution is 2.19. The first-order valence-electron chi connectivity index (χ1n) is 7.95. The Balaban J connectivity index is 1.72. The maximum atomic E-state index is 13.8. The van der Waals surface area contributed by atoms with Gasteiger partial charge in [-0.3, -0.25) is 4.79 Å². The summed E-state index contributed by atoms with van der Waals surface area (Å²) in [5, 5.41) is 2.72. The SMILES string of the molecule is Cc1nc2cc(F)cc(C(=O)NCCOc3ccccc3)c2nc1C. The van der Waals surface area contributed by atoms with Crippen molar-refractivity contribution in [2.24, 2.45) is 0 Å². The molecule has 0 aliphatic carbocycles. The number of aryl methyl sites for hydroxylation is 2. The van der Waals surface area contributed by atoms with Crippen molar-refractivity contribution in [2.45, 2.75) is 13.8 Å². The van der Waals surface area contributed by atoms with Crippen molar-refractivity contribution < 1.29 is 13.9 Å². The summed E-state index contributed by atoms with van der Waals surface area (Å²) in [7, 11) is 0. The first-order valence-corrected chi connectivity index (χ1v) is 7.95. The van der Waals surface area contributed by atoms with Gasteiger partial charge in [-0.25, -0.2) is 14.4 Å². The summed E-state index contributed by atoms with van der Waals surface area (Å²) >= 11 is 0. The number of amides is 1. The van der Waals surface area contributed by atoms with Gasteiger partial charge < -0.3 is 10.1 Å². The van der Waals surface area contributed by atoms with E-state index in [0.29, 0.717) is 35.6 Å².